The SMILES string of the molecule is CCOc1ncc(-c2cc(NCCc3cccc4c(C(=O)NC)ccnc34)ncn2)cn1. The number of hydrogen-bond donors (Lipinski definition) is 2. The third kappa shape index (κ3) is 4.61. The topological polar surface area (TPSA) is 115 Å². The Hall–Kier alpha value is -4.14. The van der Waals surface area contributed by atoms with Crippen molar-refractivity contribution in [2.75, 3.05) is 25.5 Å². The van der Waals surface area contributed by atoms with Crippen molar-refractivity contribution in [1.82, 2.24) is 30.2 Å². The van der Waals surface area contributed by atoms with Gasteiger partial charge in [0, 0.05) is 49.2 Å². The van der Waals surface area contributed by atoms with Gasteiger partial charge in [0.15, 0.2) is 0 Å². The summed E-state index contributed by atoms with van der Waals surface area (Å²) in [6, 6.07) is 9.81. The second kappa shape index (κ2) is 9.78. The predicted octanol–water partition coefficient (Wildman–Crippen LogP) is 2.89. The van der Waals surface area contributed by atoms with Crippen molar-refractivity contribution in [2.45, 2.75) is 13.3 Å². The third-order valence-electron chi connectivity index (χ3n) is 4.89. The molecule has 9 heteroatoms. The van der Waals surface area contributed by atoms with Gasteiger partial charge in [0.1, 0.15) is 12.1 Å². The molecule has 0 atom stereocenters. The molecular formula is C23H23N7O2. The van der Waals surface area contributed by atoms with E-state index in [1.165, 1.54) is 6.33 Å². The van der Waals surface area contributed by atoms with E-state index >= 15 is 0 Å². The summed E-state index contributed by atoms with van der Waals surface area (Å²) in [5.74, 6) is 0.572. The maximum absolute atomic E-state index is 12.2. The number of benzene rings is 1. The Morgan fingerprint density at radius 2 is 1.91 bits per heavy atom. The van der Waals surface area contributed by atoms with E-state index in [1.807, 2.05) is 31.2 Å². The van der Waals surface area contributed by atoms with E-state index in [0.717, 1.165) is 22.0 Å². The van der Waals surface area contributed by atoms with Crippen LogP contribution in [0.1, 0.15) is 22.8 Å². The second-order valence-corrected chi connectivity index (χ2v) is 6.90. The fourth-order valence-corrected chi connectivity index (χ4v) is 3.36. The Balaban J connectivity index is 1.47. The lowest BCUT2D eigenvalue weighted by atomic mass is 10.0. The molecule has 0 aliphatic carbocycles. The Kier molecular flexibility index (Phi) is 6.45. The molecule has 4 rings (SSSR count). The number of hydrogen-bond acceptors (Lipinski definition) is 8. The van der Waals surface area contributed by atoms with Crippen LogP contribution in [-0.4, -0.2) is 51.0 Å². The van der Waals surface area contributed by atoms with E-state index in [-0.39, 0.29) is 5.91 Å². The molecule has 0 aliphatic rings. The minimum Gasteiger partial charge on any atom is -0.464 e. The van der Waals surface area contributed by atoms with Gasteiger partial charge in [0.25, 0.3) is 5.91 Å². The summed E-state index contributed by atoms with van der Waals surface area (Å²) in [5.41, 5.74) is 3.98. The summed E-state index contributed by atoms with van der Waals surface area (Å²) in [6.45, 7) is 3.04. The molecule has 0 radical (unpaired) electrons. The number of amides is 1. The molecule has 3 heterocycles. The second-order valence-electron chi connectivity index (χ2n) is 6.90. The minimum absolute atomic E-state index is 0.126. The molecule has 1 aromatic carbocycles. The first-order valence-corrected chi connectivity index (χ1v) is 10.3. The van der Waals surface area contributed by atoms with Gasteiger partial charge >= 0.3 is 6.01 Å². The first-order valence-electron chi connectivity index (χ1n) is 10.3. The number of anilines is 1. The van der Waals surface area contributed by atoms with Crippen LogP contribution in [0.4, 0.5) is 5.82 Å². The van der Waals surface area contributed by atoms with Crippen LogP contribution in [0.15, 0.2) is 55.2 Å². The lowest BCUT2D eigenvalue weighted by Crippen LogP contribution is -2.18. The molecule has 162 valence electrons. The van der Waals surface area contributed by atoms with E-state index < -0.39 is 0 Å². The van der Waals surface area contributed by atoms with Crippen molar-refractivity contribution >= 4 is 22.6 Å². The van der Waals surface area contributed by atoms with Crippen molar-refractivity contribution in [2.24, 2.45) is 0 Å². The van der Waals surface area contributed by atoms with Gasteiger partial charge in [-0.15, -0.1) is 0 Å². The molecule has 0 spiro atoms. The van der Waals surface area contributed by atoms with Gasteiger partial charge in [0.2, 0.25) is 0 Å². The van der Waals surface area contributed by atoms with Crippen molar-refractivity contribution < 1.29 is 9.53 Å². The number of carbonyl (C=O) groups excluding carboxylic acids is 1. The van der Waals surface area contributed by atoms with Gasteiger partial charge in [0.05, 0.1) is 23.4 Å². The van der Waals surface area contributed by atoms with Crippen LogP contribution in [0.25, 0.3) is 22.2 Å². The normalized spacial score (nSPS) is 10.7. The largest absolute Gasteiger partial charge is 0.464 e. The van der Waals surface area contributed by atoms with Crippen molar-refractivity contribution in [3.63, 3.8) is 0 Å². The number of rotatable bonds is 8. The van der Waals surface area contributed by atoms with E-state index in [9.17, 15) is 4.79 Å². The van der Waals surface area contributed by atoms with E-state index in [2.05, 4.69) is 35.6 Å². The van der Waals surface area contributed by atoms with Crippen molar-refractivity contribution in [1.29, 1.82) is 0 Å². The maximum Gasteiger partial charge on any atom is 0.316 e. The fourth-order valence-electron chi connectivity index (χ4n) is 3.36. The highest BCUT2D eigenvalue weighted by atomic mass is 16.5. The molecule has 32 heavy (non-hydrogen) atoms. The zero-order valence-corrected chi connectivity index (χ0v) is 17.9. The predicted molar refractivity (Wildman–Crippen MR) is 122 cm³/mol. The zero-order valence-electron chi connectivity index (χ0n) is 17.9. The molecule has 0 saturated heterocycles. The quantitative estimate of drug-likeness (QED) is 0.439. The van der Waals surface area contributed by atoms with E-state index in [1.54, 1.807) is 31.7 Å². The molecule has 0 fully saturated rings. The first kappa shape index (κ1) is 21.1. The summed E-state index contributed by atoms with van der Waals surface area (Å²) in [7, 11) is 1.62. The highest BCUT2D eigenvalue weighted by Crippen LogP contribution is 2.22. The Labute approximate surface area is 185 Å². The number of pyridine rings is 1. The summed E-state index contributed by atoms with van der Waals surface area (Å²) in [4.78, 5) is 33.6. The van der Waals surface area contributed by atoms with Crippen LogP contribution in [0.5, 0.6) is 6.01 Å². The molecule has 0 bridgehead atoms. The first-order chi connectivity index (χ1) is 15.7. The Morgan fingerprint density at radius 3 is 2.69 bits per heavy atom. The molecule has 9 nitrogen and oxygen atoms in total. The Bertz CT molecular complexity index is 1230. The summed E-state index contributed by atoms with van der Waals surface area (Å²) >= 11 is 0. The van der Waals surface area contributed by atoms with Crippen LogP contribution in [0.2, 0.25) is 0 Å². The van der Waals surface area contributed by atoms with Gasteiger partial charge in [-0.1, -0.05) is 18.2 Å². The maximum atomic E-state index is 12.2. The fraction of sp³-hybridized carbons (Fsp3) is 0.217. The number of ether oxygens (including phenoxy) is 1. The number of para-hydroxylation sites is 1. The molecule has 4 aromatic rings. The van der Waals surface area contributed by atoms with Crippen LogP contribution >= 0.6 is 0 Å². The van der Waals surface area contributed by atoms with Crippen LogP contribution in [0, 0.1) is 0 Å². The van der Waals surface area contributed by atoms with Crippen LogP contribution < -0.4 is 15.4 Å². The zero-order chi connectivity index (χ0) is 22.3. The van der Waals surface area contributed by atoms with Gasteiger partial charge in [-0.3, -0.25) is 9.78 Å². The molecular weight excluding hydrogens is 406 g/mol. The number of fused-ring (bicyclic) bond motifs is 1. The molecule has 3 aromatic heterocycles. The average molecular weight is 429 g/mol. The smallest absolute Gasteiger partial charge is 0.316 e. The molecule has 2 N–H and O–H groups in total. The average Bonchev–Trinajstić information content (AvgIpc) is 2.84. The molecule has 0 aliphatic heterocycles. The number of aromatic nitrogens is 5. The lowest BCUT2D eigenvalue weighted by Gasteiger charge is -2.10. The number of carbonyl (C=O) groups is 1. The van der Waals surface area contributed by atoms with Crippen molar-refractivity contribution in [3.8, 4) is 17.3 Å². The summed E-state index contributed by atoms with van der Waals surface area (Å²) in [6.07, 6.45) is 7.24. The number of nitrogens with zero attached hydrogens (tertiary/aromatic N) is 5. The van der Waals surface area contributed by atoms with Gasteiger partial charge in [-0.2, -0.15) is 0 Å². The molecule has 0 unspecified atom stereocenters. The molecule has 1 amide bonds. The van der Waals surface area contributed by atoms with Gasteiger partial charge < -0.3 is 15.4 Å². The summed E-state index contributed by atoms with van der Waals surface area (Å²) < 4.78 is 5.28. The van der Waals surface area contributed by atoms with Crippen LogP contribution in [-0.2, 0) is 6.42 Å². The van der Waals surface area contributed by atoms with Gasteiger partial charge in [-0.25, -0.2) is 19.9 Å². The van der Waals surface area contributed by atoms with Gasteiger partial charge in [-0.05, 0) is 25.0 Å². The lowest BCUT2D eigenvalue weighted by molar-refractivity contribution is 0.0964. The highest BCUT2D eigenvalue weighted by molar-refractivity contribution is 6.06. The standard InChI is InChI=1S/C23H23N7O2/c1-3-32-23-27-12-16(13-28-23)19-11-20(30-14-29-19)25-9-7-15-5-4-6-17-18(22(31)24-2)8-10-26-21(15)17/h4-6,8,10-14H,3,7,9H2,1-2H3,(H,24,31)(H,25,29,30). The third-order valence-corrected chi connectivity index (χ3v) is 4.89. The van der Waals surface area contributed by atoms with E-state index in [4.69, 9.17) is 4.74 Å². The monoisotopic (exact) mass is 429 g/mol. The number of nitrogens with one attached hydrogen (secondary N) is 2. The highest BCUT2D eigenvalue weighted by Gasteiger charge is 2.11. The Morgan fingerprint density at radius 1 is 1.06 bits per heavy atom. The van der Waals surface area contributed by atoms with Crippen LogP contribution in [0.3, 0.4) is 0 Å². The molecule has 0 saturated carbocycles. The summed E-state index contributed by atoms with van der Waals surface area (Å²) in [5, 5.41) is 6.84. The van der Waals surface area contributed by atoms with E-state index in [0.29, 0.717) is 42.7 Å². The minimum atomic E-state index is -0.126. The van der Waals surface area contributed by atoms with Crippen molar-refractivity contribution in [3.05, 3.63) is 66.4 Å².